The second kappa shape index (κ2) is 6.83. The lowest BCUT2D eigenvalue weighted by Crippen LogP contribution is -2.31. The number of urea groups is 1. The molecule has 1 aromatic heterocycles. The lowest BCUT2D eigenvalue weighted by atomic mass is 10.1. The molecule has 1 aliphatic carbocycles. The topological polar surface area (TPSA) is 67.2 Å². The molecule has 0 bridgehead atoms. The van der Waals surface area contributed by atoms with Gasteiger partial charge in [0.05, 0.1) is 6.04 Å². The second-order valence-corrected chi connectivity index (χ2v) is 6.92. The monoisotopic (exact) mass is 349 g/mol. The first kappa shape index (κ1) is 16.6. The summed E-state index contributed by atoms with van der Waals surface area (Å²) in [6.07, 6.45) is 3.31. The standard InChI is InChI=1S/C21H23N3O2/c1-3-14-4-6-15(7-5-14)13(2)22-21(25)23-17-10-11-19-18(12-17)24-20(26-19)16-8-9-16/h4-7,10-13,16H,3,8-9H2,1-2H3,(H2,22,23,25). The fourth-order valence-electron chi connectivity index (χ4n) is 3.02. The quantitative estimate of drug-likeness (QED) is 0.669. The van der Waals surface area contributed by atoms with Crippen molar-refractivity contribution < 1.29 is 9.21 Å². The largest absolute Gasteiger partial charge is 0.440 e. The third-order valence-corrected chi connectivity index (χ3v) is 4.82. The number of benzene rings is 2. The van der Waals surface area contributed by atoms with E-state index in [-0.39, 0.29) is 12.1 Å². The minimum atomic E-state index is -0.234. The van der Waals surface area contributed by atoms with E-state index in [4.69, 9.17) is 4.42 Å². The Labute approximate surface area is 152 Å². The van der Waals surface area contributed by atoms with Crippen molar-refractivity contribution in [2.75, 3.05) is 5.32 Å². The van der Waals surface area contributed by atoms with Gasteiger partial charge in [0.15, 0.2) is 11.5 Å². The van der Waals surface area contributed by atoms with Crippen molar-refractivity contribution in [1.29, 1.82) is 0 Å². The molecular weight excluding hydrogens is 326 g/mol. The molecule has 2 N–H and O–H groups in total. The van der Waals surface area contributed by atoms with Crippen LogP contribution in [0.1, 0.15) is 55.7 Å². The highest BCUT2D eigenvalue weighted by molar-refractivity contribution is 5.91. The predicted octanol–water partition coefficient (Wildman–Crippen LogP) is 5.15. The first-order valence-electron chi connectivity index (χ1n) is 9.19. The van der Waals surface area contributed by atoms with Crippen LogP contribution < -0.4 is 10.6 Å². The molecule has 2 amide bonds. The highest BCUT2D eigenvalue weighted by Crippen LogP contribution is 2.40. The number of carbonyl (C=O) groups is 1. The zero-order valence-electron chi connectivity index (χ0n) is 15.1. The molecule has 0 spiro atoms. The minimum Gasteiger partial charge on any atom is -0.440 e. The van der Waals surface area contributed by atoms with Crippen LogP contribution in [0.25, 0.3) is 11.1 Å². The molecule has 1 fully saturated rings. The van der Waals surface area contributed by atoms with Crippen LogP contribution in [0, 0.1) is 0 Å². The van der Waals surface area contributed by atoms with Gasteiger partial charge < -0.3 is 15.1 Å². The maximum atomic E-state index is 12.3. The molecule has 1 unspecified atom stereocenters. The van der Waals surface area contributed by atoms with Crippen molar-refractivity contribution in [2.24, 2.45) is 0 Å². The lowest BCUT2D eigenvalue weighted by molar-refractivity contribution is 0.249. The first-order chi connectivity index (χ1) is 12.6. The van der Waals surface area contributed by atoms with E-state index in [0.29, 0.717) is 11.6 Å². The molecule has 2 aromatic carbocycles. The fourth-order valence-corrected chi connectivity index (χ4v) is 3.02. The van der Waals surface area contributed by atoms with Gasteiger partial charge >= 0.3 is 6.03 Å². The highest BCUT2D eigenvalue weighted by atomic mass is 16.3. The fraction of sp³-hybridized carbons (Fsp3) is 0.333. The van der Waals surface area contributed by atoms with Crippen LogP contribution in [-0.2, 0) is 6.42 Å². The van der Waals surface area contributed by atoms with E-state index in [9.17, 15) is 4.79 Å². The van der Waals surface area contributed by atoms with Crippen molar-refractivity contribution in [3.8, 4) is 0 Å². The number of rotatable bonds is 5. The number of amides is 2. The zero-order valence-corrected chi connectivity index (χ0v) is 15.1. The van der Waals surface area contributed by atoms with Gasteiger partial charge in [0, 0.05) is 11.6 Å². The maximum Gasteiger partial charge on any atom is 0.319 e. The number of anilines is 1. The van der Waals surface area contributed by atoms with Crippen LogP contribution in [0.5, 0.6) is 0 Å². The number of aryl methyl sites for hydroxylation is 1. The van der Waals surface area contributed by atoms with E-state index in [0.717, 1.165) is 41.8 Å². The molecule has 134 valence electrons. The van der Waals surface area contributed by atoms with Crippen LogP contribution >= 0.6 is 0 Å². The molecule has 4 rings (SSSR count). The van der Waals surface area contributed by atoms with Gasteiger partial charge in [-0.2, -0.15) is 0 Å². The van der Waals surface area contributed by atoms with Gasteiger partial charge in [-0.15, -0.1) is 0 Å². The summed E-state index contributed by atoms with van der Waals surface area (Å²) in [6.45, 7) is 4.10. The van der Waals surface area contributed by atoms with Gasteiger partial charge in [-0.3, -0.25) is 0 Å². The summed E-state index contributed by atoms with van der Waals surface area (Å²) in [6, 6.07) is 13.6. The molecule has 0 radical (unpaired) electrons. The van der Waals surface area contributed by atoms with Crippen LogP contribution in [0.3, 0.4) is 0 Å². The van der Waals surface area contributed by atoms with Crippen LogP contribution in [0.15, 0.2) is 46.9 Å². The Kier molecular flexibility index (Phi) is 4.37. The Morgan fingerprint density at radius 2 is 2.00 bits per heavy atom. The van der Waals surface area contributed by atoms with E-state index in [1.165, 1.54) is 5.56 Å². The van der Waals surface area contributed by atoms with Gasteiger partial charge in [-0.1, -0.05) is 31.2 Å². The molecule has 5 heteroatoms. The van der Waals surface area contributed by atoms with E-state index >= 15 is 0 Å². The smallest absolute Gasteiger partial charge is 0.319 e. The first-order valence-corrected chi connectivity index (χ1v) is 9.19. The third-order valence-electron chi connectivity index (χ3n) is 4.82. The average molecular weight is 349 g/mol. The minimum absolute atomic E-state index is 0.0712. The molecule has 26 heavy (non-hydrogen) atoms. The molecule has 1 aliphatic rings. The summed E-state index contributed by atoms with van der Waals surface area (Å²) in [5.41, 5.74) is 4.63. The normalized spacial score (nSPS) is 15.0. The summed E-state index contributed by atoms with van der Waals surface area (Å²) >= 11 is 0. The van der Waals surface area contributed by atoms with E-state index < -0.39 is 0 Å². The highest BCUT2D eigenvalue weighted by Gasteiger charge is 2.28. The van der Waals surface area contributed by atoms with Crippen LogP contribution in [0.4, 0.5) is 10.5 Å². The van der Waals surface area contributed by atoms with Crippen molar-refractivity contribution in [1.82, 2.24) is 10.3 Å². The molecule has 0 aliphatic heterocycles. The number of nitrogens with zero attached hydrogens (tertiary/aromatic N) is 1. The van der Waals surface area contributed by atoms with E-state index in [1.807, 2.05) is 25.1 Å². The zero-order chi connectivity index (χ0) is 18.1. The Balaban J connectivity index is 1.41. The van der Waals surface area contributed by atoms with Gasteiger partial charge in [0.25, 0.3) is 0 Å². The van der Waals surface area contributed by atoms with Crippen molar-refractivity contribution >= 4 is 22.8 Å². The molecule has 1 atom stereocenters. The van der Waals surface area contributed by atoms with Crippen molar-refractivity contribution in [3.63, 3.8) is 0 Å². The average Bonchev–Trinajstić information content (AvgIpc) is 3.41. The molecule has 1 saturated carbocycles. The summed E-state index contributed by atoms with van der Waals surface area (Å²) in [4.78, 5) is 16.8. The number of hydrogen-bond donors (Lipinski definition) is 2. The lowest BCUT2D eigenvalue weighted by Gasteiger charge is -2.15. The maximum absolute atomic E-state index is 12.3. The van der Waals surface area contributed by atoms with E-state index in [1.54, 1.807) is 0 Å². The number of fused-ring (bicyclic) bond motifs is 1. The van der Waals surface area contributed by atoms with Crippen LogP contribution in [-0.4, -0.2) is 11.0 Å². The Hall–Kier alpha value is -2.82. The molecule has 1 heterocycles. The van der Waals surface area contributed by atoms with Gasteiger partial charge in [-0.05, 0) is 55.5 Å². The Bertz CT molecular complexity index is 926. The molecule has 5 nitrogen and oxygen atoms in total. The number of hydrogen-bond acceptors (Lipinski definition) is 3. The Morgan fingerprint density at radius 1 is 1.23 bits per heavy atom. The Morgan fingerprint density at radius 3 is 2.69 bits per heavy atom. The van der Waals surface area contributed by atoms with Gasteiger partial charge in [0.1, 0.15) is 5.52 Å². The van der Waals surface area contributed by atoms with E-state index in [2.05, 4.69) is 46.8 Å². The third kappa shape index (κ3) is 3.57. The summed E-state index contributed by atoms with van der Waals surface area (Å²) in [7, 11) is 0. The molecular formula is C21H23N3O2. The number of carbonyl (C=O) groups excluding carboxylic acids is 1. The number of nitrogens with one attached hydrogen (secondary N) is 2. The summed E-state index contributed by atoms with van der Waals surface area (Å²) in [5, 5.41) is 5.85. The second-order valence-electron chi connectivity index (χ2n) is 6.92. The molecule has 3 aromatic rings. The van der Waals surface area contributed by atoms with Gasteiger partial charge in [0.2, 0.25) is 0 Å². The van der Waals surface area contributed by atoms with Crippen molar-refractivity contribution in [2.45, 2.75) is 45.1 Å². The SMILES string of the molecule is CCc1ccc(C(C)NC(=O)Nc2ccc3oc(C4CC4)nc3c2)cc1. The summed E-state index contributed by atoms with van der Waals surface area (Å²) < 4.78 is 5.75. The van der Waals surface area contributed by atoms with Crippen LogP contribution in [0.2, 0.25) is 0 Å². The number of aromatic nitrogens is 1. The number of oxazole rings is 1. The summed E-state index contributed by atoms with van der Waals surface area (Å²) in [5.74, 6) is 1.29. The van der Waals surface area contributed by atoms with Gasteiger partial charge in [-0.25, -0.2) is 9.78 Å². The molecule has 0 saturated heterocycles. The van der Waals surface area contributed by atoms with Crippen molar-refractivity contribution in [3.05, 3.63) is 59.5 Å². The predicted molar refractivity (Wildman–Crippen MR) is 102 cm³/mol.